The van der Waals surface area contributed by atoms with Crippen LogP contribution in [0.25, 0.3) is 10.9 Å². The molecule has 0 aliphatic heterocycles. The molecule has 0 bridgehead atoms. The Morgan fingerprint density at radius 2 is 2.00 bits per heavy atom. The number of fused-ring (bicyclic) bond motifs is 1. The predicted molar refractivity (Wildman–Crippen MR) is 52.4 cm³/mol. The van der Waals surface area contributed by atoms with Crippen molar-refractivity contribution in [1.82, 2.24) is 9.97 Å². The molecule has 0 saturated carbocycles. The van der Waals surface area contributed by atoms with Crippen LogP contribution in [0.15, 0.2) is 23.0 Å². The van der Waals surface area contributed by atoms with Gasteiger partial charge in [-0.25, -0.2) is 4.98 Å². The first-order valence-electron chi connectivity index (χ1n) is 4.15. The number of aromatic nitrogens is 2. The summed E-state index contributed by atoms with van der Waals surface area (Å²) in [6, 6.07) is 4.14. The van der Waals surface area contributed by atoms with Gasteiger partial charge in [0, 0.05) is 0 Å². The molecule has 0 unspecified atom stereocenters. The minimum Gasteiger partial charge on any atom is -0.302 e. The number of halogens is 4. The van der Waals surface area contributed by atoms with Gasteiger partial charge >= 0.3 is 6.18 Å². The van der Waals surface area contributed by atoms with E-state index in [0.29, 0.717) is 0 Å². The van der Waals surface area contributed by atoms with Gasteiger partial charge in [-0.1, -0.05) is 17.7 Å². The molecule has 0 aliphatic carbocycles. The number of nitrogens with one attached hydrogen (secondary N) is 1. The molecule has 3 nitrogen and oxygen atoms in total. The Morgan fingerprint density at radius 3 is 2.62 bits per heavy atom. The highest BCUT2D eigenvalue weighted by atomic mass is 35.5. The van der Waals surface area contributed by atoms with Gasteiger partial charge in [0.2, 0.25) is 5.82 Å². The minimum absolute atomic E-state index is 0.0443. The van der Waals surface area contributed by atoms with Crippen molar-refractivity contribution in [2.75, 3.05) is 0 Å². The Bertz CT molecular complexity index is 606. The summed E-state index contributed by atoms with van der Waals surface area (Å²) in [7, 11) is 0. The maximum Gasteiger partial charge on any atom is 0.449 e. The highest BCUT2D eigenvalue weighted by Crippen LogP contribution is 2.27. The van der Waals surface area contributed by atoms with Crippen LogP contribution >= 0.6 is 11.6 Å². The summed E-state index contributed by atoms with van der Waals surface area (Å²) in [6.45, 7) is 0. The van der Waals surface area contributed by atoms with Gasteiger partial charge < -0.3 is 4.98 Å². The van der Waals surface area contributed by atoms with Crippen LogP contribution in [-0.2, 0) is 6.18 Å². The van der Waals surface area contributed by atoms with Crippen LogP contribution in [0, 0.1) is 0 Å². The number of H-pyrrole nitrogens is 1. The zero-order valence-corrected chi connectivity index (χ0v) is 8.36. The van der Waals surface area contributed by atoms with E-state index in [1.807, 2.05) is 0 Å². The van der Waals surface area contributed by atoms with E-state index in [9.17, 15) is 18.0 Å². The summed E-state index contributed by atoms with van der Waals surface area (Å²) >= 11 is 5.69. The van der Waals surface area contributed by atoms with E-state index in [2.05, 4.69) is 4.98 Å². The lowest BCUT2D eigenvalue weighted by molar-refractivity contribution is -0.144. The minimum atomic E-state index is -4.68. The predicted octanol–water partition coefficient (Wildman–Crippen LogP) is 2.60. The molecule has 0 fully saturated rings. The monoisotopic (exact) mass is 248 g/mol. The Hall–Kier alpha value is -1.56. The molecule has 2 aromatic rings. The zero-order valence-electron chi connectivity index (χ0n) is 7.60. The molecule has 0 saturated heterocycles. The maximum atomic E-state index is 12.3. The van der Waals surface area contributed by atoms with Crippen LogP contribution in [0.4, 0.5) is 13.2 Å². The van der Waals surface area contributed by atoms with E-state index >= 15 is 0 Å². The molecule has 1 aromatic heterocycles. The van der Waals surface area contributed by atoms with Crippen LogP contribution in [0.1, 0.15) is 5.82 Å². The molecule has 0 spiro atoms. The molecule has 84 valence electrons. The van der Waals surface area contributed by atoms with Crippen LogP contribution in [0.3, 0.4) is 0 Å². The first kappa shape index (κ1) is 10.9. The second kappa shape index (κ2) is 3.48. The molecular formula is C9H4ClF3N2O. The average Bonchev–Trinajstić information content (AvgIpc) is 2.15. The first-order chi connectivity index (χ1) is 7.39. The molecule has 1 heterocycles. The Morgan fingerprint density at radius 1 is 1.31 bits per heavy atom. The molecular weight excluding hydrogens is 245 g/mol. The maximum absolute atomic E-state index is 12.3. The van der Waals surface area contributed by atoms with Gasteiger partial charge in [-0.05, 0) is 12.1 Å². The Kier molecular flexibility index (Phi) is 2.38. The molecule has 7 heteroatoms. The van der Waals surface area contributed by atoms with E-state index < -0.39 is 17.6 Å². The van der Waals surface area contributed by atoms with Crippen molar-refractivity contribution >= 4 is 22.5 Å². The third-order valence-electron chi connectivity index (χ3n) is 1.95. The van der Waals surface area contributed by atoms with Crippen molar-refractivity contribution in [2.24, 2.45) is 0 Å². The van der Waals surface area contributed by atoms with Crippen molar-refractivity contribution in [3.8, 4) is 0 Å². The average molecular weight is 249 g/mol. The Balaban J connectivity index is 2.85. The fourth-order valence-corrected chi connectivity index (χ4v) is 1.54. The van der Waals surface area contributed by atoms with Crippen molar-refractivity contribution in [1.29, 1.82) is 0 Å². The van der Waals surface area contributed by atoms with Gasteiger partial charge in [-0.3, -0.25) is 4.79 Å². The van der Waals surface area contributed by atoms with Crippen molar-refractivity contribution < 1.29 is 13.2 Å². The summed E-state index contributed by atoms with van der Waals surface area (Å²) < 4.78 is 37.0. The van der Waals surface area contributed by atoms with Crippen LogP contribution in [0.2, 0.25) is 5.02 Å². The molecule has 16 heavy (non-hydrogen) atoms. The van der Waals surface area contributed by atoms with E-state index in [1.54, 1.807) is 4.98 Å². The van der Waals surface area contributed by atoms with Crippen molar-refractivity contribution in [3.63, 3.8) is 0 Å². The van der Waals surface area contributed by atoms with Crippen molar-refractivity contribution in [3.05, 3.63) is 39.4 Å². The summed E-state index contributed by atoms with van der Waals surface area (Å²) in [4.78, 5) is 16.3. The second-order valence-electron chi connectivity index (χ2n) is 3.05. The van der Waals surface area contributed by atoms with E-state index in [-0.39, 0.29) is 15.9 Å². The van der Waals surface area contributed by atoms with Crippen LogP contribution < -0.4 is 5.56 Å². The summed E-state index contributed by atoms with van der Waals surface area (Å²) in [6.07, 6.45) is -4.68. The lowest BCUT2D eigenvalue weighted by Crippen LogP contribution is -2.19. The normalized spacial score (nSPS) is 12.0. The SMILES string of the molecule is O=c1[nH]c(C(F)(F)F)nc2cccc(Cl)c12. The number of hydrogen-bond acceptors (Lipinski definition) is 2. The van der Waals surface area contributed by atoms with Crippen LogP contribution in [-0.4, -0.2) is 9.97 Å². The molecule has 0 amide bonds. The second-order valence-corrected chi connectivity index (χ2v) is 3.45. The van der Waals surface area contributed by atoms with Gasteiger partial charge in [-0.2, -0.15) is 13.2 Å². The number of nitrogens with zero attached hydrogens (tertiary/aromatic N) is 1. The van der Waals surface area contributed by atoms with E-state index in [4.69, 9.17) is 11.6 Å². The van der Waals surface area contributed by atoms with Gasteiger partial charge in [0.05, 0.1) is 15.9 Å². The molecule has 0 aliphatic rings. The topological polar surface area (TPSA) is 45.8 Å². The number of rotatable bonds is 0. The lowest BCUT2D eigenvalue weighted by atomic mass is 10.2. The fraction of sp³-hybridized carbons (Fsp3) is 0.111. The molecule has 1 N–H and O–H groups in total. The highest BCUT2D eigenvalue weighted by molar-refractivity contribution is 6.35. The smallest absolute Gasteiger partial charge is 0.302 e. The lowest BCUT2D eigenvalue weighted by Gasteiger charge is -2.06. The highest BCUT2D eigenvalue weighted by Gasteiger charge is 2.34. The number of aromatic amines is 1. The molecule has 0 atom stereocenters. The third-order valence-corrected chi connectivity index (χ3v) is 2.27. The van der Waals surface area contributed by atoms with Gasteiger partial charge in [0.1, 0.15) is 0 Å². The fourth-order valence-electron chi connectivity index (χ4n) is 1.28. The number of benzene rings is 1. The van der Waals surface area contributed by atoms with Gasteiger partial charge in [0.25, 0.3) is 5.56 Å². The molecule has 0 radical (unpaired) electrons. The van der Waals surface area contributed by atoms with E-state index in [0.717, 1.165) is 0 Å². The molecule has 2 rings (SSSR count). The van der Waals surface area contributed by atoms with Gasteiger partial charge in [0.15, 0.2) is 0 Å². The van der Waals surface area contributed by atoms with E-state index in [1.165, 1.54) is 18.2 Å². The third kappa shape index (κ3) is 1.76. The first-order valence-corrected chi connectivity index (χ1v) is 4.53. The largest absolute Gasteiger partial charge is 0.449 e. The van der Waals surface area contributed by atoms with Gasteiger partial charge in [-0.15, -0.1) is 0 Å². The molecule has 1 aromatic carbocycles. The quantitative estimate of drug-likeness (QED) is 0.779. The van der Waals surface area contributed by atoms with Crippen molar-refractivity contribution in [2.45, 2.75) is 6.18 Å². The summed E-state index contributed by atoms with van der Waals surface area (Å²) in [5.74, 6) is -1.33. The summed E-state index contributed by atoms with van der Waals surface area (Å²) in [5, 5.41) is 0.0251. The standard InChI is InChI=1S/C9H4ClF3N2O/c10-4-2-1-3-5-6(4)7(16)15-8(14-5)9(11,12)13/h1-3H,(H,14,15,16). The Labute approximate surface area is 91.9 Å². The number of alkyl halides is 3. The van der Waals surface area contributed by atoms with Crippen LogP contribution in [0.5, 0.6) is 0 Å². The number of hydrogen-bond donors (Lipinski definition) is 1. The zero-order chi connectivity index (χ0) is 11.9. The summed E-state index contributed by atoms with van der Waals surface area (Å²) in [5.41, 5.74) is -0.980.